The Kier molecular flexibility index (Phi) is 4.65. The summed E-state index contributed by atoms with van der Waals surface area (Å²) in [6.07, 6.45) is 1.87. The SMILES string of the molecule is COc1ccc2c(c1)OCC(Cc1ccc(NC(C)C)nn1)C2. The van der Waals surface area contributed by atoms with E-state index in [1.165, 1.54) is 5.56 Å². The van der Waals surface area contributed by atoms with E-state index in [0.717, 1.165) is 35.9 Å². The van der Waals surface area contributed by atoms with Crippen molar-refractivity contribution in [1.82, 2.24) is 10.2 Å². The maximum Gasteiger partial charge on any atom is 0.148 e. The molecule has 1 aromatic heterocycles. The first-order valence-electron chi connectivity index (χ1n) is 8.03. The molecule has 0 aliphatic carbocycles. The van der Waals surface area contributed by atoms with Crippen molar-refractivity contribution in [3.63, 3.8) is 0 Å². The molecule has 1 aliphatic heterocycles. The van der Waals surface area contributed by atoms with Crippen LogP contribution in [0.4, 0.5) is 5.82 Å². The number of ether oxygens (including phenoxy) is 2. The number of aromatic nitrogens is 2. The Hall–Kier alpha value is -2.30. The summed E-state index contributed by atoms with van der Waals surface area (Å²) >= 11 is 0. The third-order valence-electron chi connectivity index (χ3n) is 3.91. The van der Waals surface area contributed by atoms with E-state index in [2.05, 4.69) is 35.4 Å². The van der Waals surface area contributed by atoms with Crippen molar-refractivity contribution in [3.05, 3.63) is 41.6 Å². The monoisotopic (exact) mass is 313 g/mol. The molecule has 0 fully saturated rings. The molecule has 5 nitrogen and oxygen atoms in total. The Morgan fingerprint density at radius 3 is 2.83 bits per heavy atom. The van der Waals surface area contributed by atoms with E-state index in [9.17, 15) is 0 Å². The Bertz CT molecular complexity index is 656. The van der Waals surface area contributed by atoms with Gasteiger partial charge < -0.3 is 14.8 Å². The zero-order chi connectivity index (χ0) is 16.2. The molecule has 1 aromatic carbocycles. The molecule has 23 heavy (non-hydrogen) atoms. The van der Waals surface area contributed by atoms with Crippen LogP contribution in [0.5, 0.6) is 11.5 Å². The summed E-state index contributed by atoms with van der Waals surface area (Å²) in [6, 6.07) is 10.4. The number of methoxy groups -OCH3 is 1. The summed E-state index contributed by atoms with van der Waals surface area (Å²) < 4.78 is 11.1. The lowest BCUT2D eigenvalue weighted by atomic mass is 9.92. The van der Waals surface area contributed by atoms with Gasteiger partial charge in [0.15, 0.2) is 0 Å². The molecule has 1 N–H and O–H groups in total. The summed E-state index contributed by atoms with van der Waals surface area (Å²) in [5.41, 5.74) is 2.23. The zero-order valence-corrected chi connectivity index (χ0v) is 13.9. The Morgan fingerprint density at radius 2 is 2.13 bits per heavy atom. The molecule has 1 aliphatic rings. The fraction of sp³-hybridized carbons (Fsp3) is 0.444. The topological polar surface area (TPSA) is 56.3 Å². The molecule has 122 valence electrons. The van der Waals surface area contributed by atoms with Crippen molar-refractivity contribution >= 4 is 5.82 Å². The Morgan fingerprint density at radius 1 is 1.26 bits per heavy atom. The molecule has 1 atom stereocenters. The molecular weight excluding hydrogens is 290 g/mol. The molecule has 0 spiro atoms. The Labute approximate surface area is 137 Å². The van der Waals surface area contributed by atoms with Crippen LogP contribution in [0.1, 0.15) is 25.1 Å². The van der Waals surface area contributed by atoms with Crippen LogP contribution in [-0.4, -0.2) is 30.0 Å². The number of fused-ring (bicyclic) bond motifs is 1. The van der Waals surface area contributed by atoms with Gasteiger partial charge in [-0.1, -0.05) is 6.07 Å². The van der Waals surface area contributed by atoms with Gasteiger partial charge in [-0.2, -0.15) is 5.10 Å². The molecule has 0 radical (unpaired) electrons. The van der Waals surface area contributed by atoms with Crippen molar-refractivity contribution in [2.75, 3.05) is 19.0 Å². The molecule has 5 heteroatoms. The predicted molar refractivity (Wildman–Crippen MR) is 90.2 cm³/mol. The Balaban J connectivity index is 1.63. The lowest BCUT2D eigenvalue weighted by Gasteiger charge is -2.25. The highest BCUT2D eigenvalue weighted by Crippen LogP contribution is 2.31. The minimum atomic E-state index is 0.357. The highest BCUT2D eigenvalue weighted by atomic mass is 16.5. The van der Waals surface area contributed by atoms with Crippen LogP contribution >= 0.6 is 0 Å². The van der Waals surface area contributed by atoms with Gasteiger partial charge in [0.05, 0.1) is 19.4 Å². The van der Waals surface area contributed by atoms with Crippen molar-refractivity contribution in [3.8, 4) is 11.5 Å². The van der Waals surface area contributed by atoms with Gasteiger partial charge in [-0.25, -0.2) is 0 Å². The lowest BCUT2D eigenvalue weighted by Crippen LogP contribution is -2.23. The average molecular weight is 313 g/mol. The zero-order valence-electron chi connectivity index (χ0n) is 13.9. The molecule has 0 bridgehead atoms. The van der Waals surface area contributed by atoms with Crippen LogP contribution in [0.3, 0.4) is 0 Å². The van der Waals surface area contributed by atoms with Crippen LogP contribution in [-0.2, 0) is 12.8 Å². The third kappa shape index (κ3) is 3.92. The van der Waals surface area contributed by atoms with Crippen LogP contribution in [0.15, 0.2) is 30.3 Å². The van der Waals surface area contributed by atoms with E-state index in [-0.39, 0.29) is 0 Å². The number of nitrogens with zero attached hydrogens (tertiary/aromatic N) is 2. The van der Waals surface area contributed by atoms with Crippen molar-refractivity contribution < 1.29 is 9.47 Å². The quantitative estimate of drug-likeness (QED) is 0.919. The molecular formula is C18H23N3O2. The van der Waals surface area contributed by atoms with Gasteiger partial charge in [0.1, 0.15) is 17.3 Å². The van der Waals surface area contributed by atoms with E-state index in [1.54, 1.807) is 7.11 Å². The highest BCUT2D eigenvalue weighted by molar-refractivity contribution is 5.42. The third-order valence-corrected chi connectivity index (χ3v) is 3.91. The van der Waals surface area contributed by atoms with Crippen molar-refractivity contribution in [2.45, 2.75) is 32.7 Å². The second kappa shape index (κ2) is 6.86. The van der Waals surface area contributed by atoms with Crippen molar-refractivity contribution in [1.29, 1.82) is 0 Å². The van der Waals surface area contributed by atoms with Crippen LogP contribution in [0.25, 0.3) is 0 Å². The van der Waals surface area contributed by atoms with Crippen LogP contribution < -0.4 is 14.8 Å². The summed E-state index contributed by atoms with van der Waals surface area (Å²) in [7, 11) is 1.67. The van der Waals surface area contributed by atoms with Gasteiger partial charge in [-0.3, -0.25) is 0 Å². The first kappa shape index (κ1) is 15.6. The fourth-order valence-electron chi connectivity index (χ4n) is 2.81. The largest absolute Gasteiger partial charge is 0.497 e. The molecule has 2 aromatic rings. The summed E-state index contributed by atoms with van der Waals surface area (Å²) in [6.45, 7) is 4.87. The maximum atomic E-state index is 5.89. The maximum absolute atomic E-state index is 5.89. The minimum absolute atomic E-state index is 0.357. The molecule has 0 amide bonds. The normalized spacial score (nSPS) is 16.6. The smallest absolute Gasteiger partial charge is 0.148 e. The number of anilines is 1. The number of hydrogen-bond donors (Lipinski definition) is 1. The van der Waals surface area contributed by atoms with E-state index >= 15 is 0 Å². The van der Waals surface area contributed by atoms with E-state index < -0.39 is 0 Å². The molecule has 0 saturated heterocycles. The molecule has 2 heterocycles. The number of rotatable bonds is 5. The highest BCUT2D eigenvalue weighted by Gasteiger charge is 2.21. The van der Waals surface area contributed by atoms with Crippen LogP contribution in [0, 0.1) is 5.92 Å². The second-order valence-electron chi connectivity index (χ2n) is 6.27. The minimum Gasteiger partial charge on any atom is -0.497 e. The first-order chi connectivity index (χ1) is 11.1. The summed E-state index contributed by atoms with van der Waals surface area (Å²) in [5.74, 6) is 3.01. The van der Waals surface area contributed by atoms with Gasteiger partial charge >= 0.3 is 0 Å². The predicted octanol–water partition coefficient (Wildman–Crippen LogP) is 3.10. The van der Waals surface area contributed by atoms with Gasteiger partial charge in [0.25, 0.3) is 0 Å². The van der Waals surface area contributed by atoms with Crippen molar-refractivity contribution in [2.24, 2.45) is 5.92 Å². The van der Waals surface area contributed by atoms with Gasteiger partial charge in [-0.05, 0) is 50.5 Å². The number of hydrogen-bond acceptors (Lipinski definition) is 5. The summed E-state index contributed by atoms with van der Waals surface area (Å²) in [5, 5.41) is 11.8. The van der Waals surface area contributed by atoms with E-state index in [4.69, 9.17) is 9.47 Å². The second-order valence-corrected chi connectivity index (χ2v) is 6.27. The van der Waals surface area contributed by atoms with E-state index in [0.29, 0.717) is 18.6 Å². The average Bonchev–Trinajstić information content (AvgIpc) is 2.55. The number of nitrogens with one attached hydrogen (secondary N) is 1. The molecule has 0 saturated carbocycles. The van der Waals surface area contributed by atoms with E-state index in [1.807, 2.05) is 24.3 Å². The molecule has 3 rings (SSSR count). The standard InChI is InChI=1S/C18H23N3O2/c1-12(2)19-18-7-5-15(20-21-18)9-13-8-14-4-6-16(22-3)10-17(14)23-11-13/h4-7,10,12-13H,8-9,11H2,1-3H3,(H,19,21). The fourth-order valence-corrected chi connectivity index (χ4v) is 2.81. The summed E-state index contributed by atoms with van der Waals surface area (Å²) in [4.78, 5) is 0. The van der Waals surface area contributed by atoms with Gasteiger partial charge in [0.2, 0.25) is 0 Å². The van der Waals surface area contributed by atoms with Crippen LogP contribution in [0.2, 0.25) is 0 Å². The molecule has 1 unspecified atom stereocenters. The number of benzene rings is 1. The lowest BCUT2D eigenvalue weighted by molar-refractivity contribution is 0.219. The van der Waals surface area contributed by atoms with Gasteiger partial charge in [0, 0.05) is 18.0 Å². The first-order valence-corrected chi connectivity index (χ1v) is 8.03. The van der Waals surface area contributed by atoms with Gasteiger partial charge in [-0.15, -0.1) is 5.10 Å².